The molecule has 0 unspecified atom stereocenters. The number of halogens is 1. The van der Waals surface area contributed by atoms with E-state index >= 15 is 0 Å². The number of carbonyl (C=O) groups is 1. The van der Waals surface area contributed by atoms with E-state index in [1.807, 2.05) is 32.0 Å². The Morgan fingerprint density at radius 2 is 1.90 bits per heavy atom. The van der Waals surface area contributed by atoms with Crippen LogP contribution in [0.4, 0.5) is 17.1 Å². The van der Waals surface area contributed by atoms with Crippen LogP contribution in [0.5, 0.6) is 0 Å². The quantitative estimate of drug-likeness (QED) is 0.747. The highest BCUT2D eigenvalue weighted by molar-refractivity contribution is 6.34. The summed E-state index contributed by atoms with van der Waals surface area (Å²) in [5, 5.41) is 12.6. The van der Waals surface area contributed by atoms with E-state index in [4.69, 9.17) is 17.3 Å². The summed E-state index contributed by atoms with van der Waals surface area (Å²) in [6.45, 7) is 4.00. The van der Waals surface area contributed by atoms with Crippen molar-refractivity contribution < 1.29 is 9.90 Å². The fourth-order valence-electron chi connectivity index (χ4n) is 1.89. The van der Waals surface area contributed by atoms with E-state index in [2.05, 4.69) is 5.32 Å². The van der Waals surface area contributed by atoms with E-state index in [0.717, 1.165) is 16.8 Å². The van der Waals surface area contributed by atoms with E-state index in [1.165, 1.54) is 12.1 Å². The molecule has 0 amide bonds. The fourth-order valence-corrected chi connectivity index (χ4v) is 2.16. The van der Waals surface area contributed by atoms with Gasteiger partial charge in [0.2, 0.25) is 0 Å². The van der Waals surface area contributed by atoms with Crippen molar-refractivity contribution >= 4 is 34.6 Å². The highest BCUT2D eigenvalue weighted by atomic mass is 35.5. The number of aromatic carboxylic acids is 1. The van der Waals surface area contributed by atoms with Gasteiger partial charge in [-0.05, 0) is 49.2 Å². The lowest BCUT2D eigenvalue weighted by molar-refractivity contribution is 0.0698. The number of nitrogens with one attached hydrogen (secondary N) is 1. The van der Waals surface area contributed by atoms with Gasteiger partial charge in [0.05, 0.1) is 16.3 Å². The molecular formula is C15H15ClN2O2. The van der Waals surface area contributed by atoms with Crippen molar-refractivity contribution in [2.45, 2.75) is 13.8 Å². The molecule has 2 aromatic carbocycles. The van der Waals surface area contributed by atoms with E-state index in [9.17, 15) is 9.90 Å². The summed E-state index contributed by atoms with van der Waals surface area (Å²) >= 11 is 6.09. The predicted octanol–water partition coefficient (Wildman–Crippen LogP) is 3.98. The maximum Gasteiger partial charge on any atom is 0.337 e. The molecular weight excluding hydrogens is 276 g/mol. The van der Waals surface area contributed by atoms with Crippen LogP contribution in [0.1, 0.15) is 21.5 Å². The highest BCUT2D eigenvalue weighted by Gasteiger charge is 2.15. The topological polar surface area (TPSA) is 75.3 Å². The van der Waals surface area contributed by atoms with Gasteiger partial charge in [0.1, 0.15) is 0 Å². The zero-order valence-electron chi connectivity index (χ0n) is 11.2. The van der Waals surface area contributed by atoms with Crippen molar-refractivity contribution in [3.63, 3.8) is 0 Å². The Balaban J connectivity index is 2.47. The number of hydrogen-bond donors (Lipinski definition) is 3. The Morgan fingerprint density at radius 3 is 2.50 bits per heavy atom. The van der Waals surface area contributed by atoms with Crippen molar-refractivity contribution in [2.75, 3.05) is 11.1 Å². The van der Waals surface area contributed by atoms with E-state index in [1.54, 1.807) is 0 Å². The molecule has 5 heteroatoms. The van der Waals surface area contributed by atoms with Gasteiger partial charge in [-0.25, -0.2) is 4.79 Å². The Hall–Kier alpha value is -2.20. The molecule has 2 rings (SSSR count). The maximum atomic E-state index is 11.3. The molecule has 0 aromatic heterocycles. The van der Waals surface area contributed by atoms with Gasteiger partial charge in [-0.3, -0.25) is 0 Å². The zero-order valence-corrected chi connectivity index (χ0v) is 12.0. The molecule has 0 radical (unpaired) electrons. The van der Waals surface area contributed by atoms with Crippen LogP contribution in [0.3, 0.4) is 0 Å². The minimum Gasteiger partial charge on any atom is -0.478 e. The summed E-state index contributed by atoms with van der Waals surface area (Å²) in [5.41, 5.74) is 9.39. The number of hydrogen-bond acceptors (Lipinski definition) is 3. The Bertz CT molecular complexity index is 684. The van der Waals surface area contributed by atoms with Crippen molar-refractivity contribution in [2.24, 2.45) is 0 Å². The third-order valence-corrected chi connectivity index (χ3v) is 3.42. The monoisotopic (exact) mass is 290 g/mol. The summed E-state index contributed by atoms with van der Waals surface area (Å²) in [4.78, 5) is 11.3. The Morgan fingerprint density at radius 1 is 1.20 bits per heavy atom. The molecule has 0 aliphatic rings. The van der Waals surface area contributed by atoms with E-state index in [0.29, 0.717) is 11.4 Å². The number of nitrogens with two attached hydrogens (primary N) is 1. The molecule has 104 valence electrons. The molecule has 0 aliphatic heterocycles. The number of carboxylic acid groups (broad SMARTS) is 1. The van der Waals surface area contributed by atoms with E-state index in [-0.39, 0.29) is 10.6 Å². The number of nitrogen functional groups attached to an aromatic ring is 1. The van der Waals surface area contributed by atoms with Crippen LogP contribution >= 0.6 is 11.6 Å². The molecule has 0 atom stereocenters. The first-order valence-electron chi connectivity index (χ1n) is 6.05. The van der Waals surface area contributed by atoms with Crippen LogP contribution in [0, 0.1) is 13.8 Å². The second-order valence-electron chi connectivity index (χ2n) is 4.65. The molecule has 0 saturated heterocycles. The number of carboxylic acids is 1. The zero-order chi connectivity index (χ0) is 14.9. The van der Waals surface area contributed by atoms with Gasteiger partial charge in [-0.2, -0.15) is 0 Å². The van der Waals surface area contributed by atoms with Crippen LogP contribution in [-0.2, 0) is 0 Å². The van der Waals surface area contributed by atoms with Gasteiger partial charge < -0.3 is 16.2 Å². The minimum absolute atomic E-state index is 0.0493. The van der Waals surface area contributed by atoms with Crippen molar-refractivity contribution in [1.29, 1.82) is 0 Å². The second kappa shape index (κ2) is 5.43. The molecule has 4 nitrogen and oxygen atoms in total. The second-order valence-corrected chi connectivity index (χ2v) is 5.06. The summed E-state index contributed by atoms with van der Waals surface area (Å²) in [6.07, 6.45) is 0. The van der Waals surface area contributed by atoms with Gasteiger partial charge in [-0.1, -0.05) is 17.7 Å². The van der Waals surface area contributed by atoms with Crippen LogP contribution < -0.4 is 11.1 Å². The molecule has 0 bridgehead atoms. The lowest BCUT2D eigenvalue weighted by atomic mass is 10.1. The van der Waals surface area contributed by atoms with Gasteiger partial charge in [0.15, 0.2) is 0 Å². The van der Waals surface area contributed by atoms with E-state index < -0.39 is 5.97 Å². The van der Waals surface area contributed by atoms with Crippen molar-refractivity contribution in [3.8, 4) is 0 Å². The molecule has 0 saturated carbocycles. The first-order chi connectivity index (χ1) is 9.38. The fraction of sp³-hybridized carbons (Fsp3) is 0.133. The van der Waals surface area contributed by atoms with Gasteiger partial charge in [0.25, 0.3) is 0 Å². The smallest absolute Gasteiger partial charge is 0.337 e. The SMILES string of the molecule is Cc1ccc(Nc2c(Cl)cc(N)cc2C(=O)O)cc1C. The third-order valence-electron chi connectivity index (χ3n) is 3.12. The number of benzene rings is 2. The largest absolute Gasteiger partial charge is 0.478 e. The summed E-state index contributed by atoms with van der Waals surface area (Å²) in [5.74, 6) is -1.08. The van der Waals surface area contributed by atoms with Gasteiger partial charge in [-0.15, -0.1) is 0 Å². The van der Waals surface area contributed by atoms with Crippen molar-refractivity contribution in [1.82, 2.24) is 0 Å². The number of anilines is 3. The third kappa shape index (κ3) is 2.86. The average Bonchev–Trinajstić information content (AvgIpc) is 2.36. The van der Waals surface area contributed by atoms with Crippen LogP contribution in [0.25, 0.3) is 0 Å². The number of rotatable bonds is 3. The van der Waals surface area contributed by atoms with Crippen LogP contribution in [0.15, 0.2) is 30.3 Å². The molecule has 20 heavy (non-hydrogen) atoms. The van der Waals surface area contributed by atoms with Gasteiger partial charge >= 0.3 is 5.97 Å². The molecule has 4 N–H and O–H groups in total. The summed E-state index contributed by atoms with van der Waals surface area (Å²) in [7, 11) is 0. The summed E-state index contributed by atoms with van der Waals surface area (Å²) < 4.78 is 0. The standard InChI is InChI=1S/C15H15ClN2O2/c1-8-3-4-11(5-9(8)2)18-14-12(15(19)20)6-10(17)7-13(14)16/h3-7,18H,17H2,1-2H3,(H,19,20). The van der Waals surface area contributed by atoms with Gasteiger partial charge in [0, 0.05) is 11.4 Å². The molecule has 0 aliphatic carbocycles. The van der Waals surface area contributed by atoms with Crippen molar-refractivity contribution in [3.05, 3.63) is 52.0 Å². The predicted molar refractivity (Wildman–Crippen MR) is 82.0 cm³/mol. The first kappa shape index (κ1) is 14.2. The molecule has 2 aromatic rings. The maximum absolute atomic E-state index is 11.3. The number of aryl methyl sites for hydroxylation is 2. The van der Waals surface area contributed by atoms with Crippen LogP contribution in [-0.4, -0.2) is 11.1 Å². The Kier molecular flexibility index (Phi) is 3.86. The lowest BCUT2D eigenvalue weighted by Crippen LogP contribution is -2.05. The lowest BCUT2D eigenvalue weighted by Gasteiger charge is -2.13. The minimum atomic E-state index is -1.08. The average molecular weight is 291 g/mol. The summed E-state index contributed by atoms with van der Waals surface area (Å²) in [6, 6.07) is 8.69. The van der Waals surface area contributed by atoms with Crippen LogP contribution in [0.2, 0.25) is 5.02 Å². The molecule has 0 spiro atoms. The normalized spacial score (nSPS) is 10.3. The molecule has 0 fully saturated rings. The molecule has 0 heterocycles. The highest BCUT2D eigenvalue weighted by Crippen LogP contribution is 2.32. The Labute approximate surface area is 122 Å². The first-order valence-corrected chi connectivity index (χ1v) is 6.43.